The third-order valence-electron chi connectivity index (χ3n) is 3.61. The second-order valence-corrected chi connectivity index (χ2v) is 7.34. The van der Waals surface area contributed by atoms with Crippen molar-refractivity contribution in [3.8, 4) is 0 Å². The van der Waals surface area contributed by atoms with Crippen LogP contribution in [0.3, 0.4) is 0 Å². The number of ketones is 1. The van der Waals surface area contributed by atoms with E-state index in [4.69, 9.17) is 4.89 Å². The summed E-state index contributed by atoms with van der Waals surface area (Å²) in [6, 6.07) is 0. The summed E-state index contributed by atoms with van der Waals surface area (Å²) in [5, 5.41) is 9.29. The van der Waals surface area contributed by atoms with Gasteiger partial charge in [-0.1, -0.05) is 48.5 Å². The van der Waals surface area contributed by atoms with E-state index in [9.17, 15) is 10.1 Å². The van der Waals surface area contributed by atoms with Crippen LogP contribution < -0.4 is 0 Å². The molecule has 0 spiro atoms. The molecule has 1 N–H and O–H groups in total. The Bertz CT molecular complexity index is 388. The Balaban J connectivity index is 3.47. The van der Waals surface area contributed by atoms with Crippen LogP contribution in [0, 0.1) is 10.8 Å². The molecule has 1 aliphatic carbocycles. The van der Waals surface area contributed by atoms with E-state index >= 15 is 0 Å². The lowest BCUT2D eigenvalue weighted by Crippen LogP contribution is -2.38. The summed E-state index contributed by atoms with van der Waals surface area (Å²) in [5.41, 5.74) is -0.0348. The fourth-order valence-electron chi connectivity index (χ4n) is 2.24. The van der Waals surface area contributed by atoms with Crippen molar-refractivity contribution in [3.63, 3.8) is 0 Å². The van der Waals surface area contributed by atoms with Crippen LogP contribution in [-0.4, -0.2) is 16.6 Å². The molecule has 0 aliphatic heterocycles. The average molecular weight is 266 g/mol. The van der Waals surface area contributed by atoms with Gasteiger partial charge in [-0.25, -0.2) is 4.89 Å². The first-order valence-corrected chi connectivity index (χ1v) is 6.81. The molecule has 0 bridgehead atoms. The molecule has 0 aromatic rings. The van der Waals surface area contributed by atoms with Gasteiger partial charge in [-0.2, -0.15) is 0 Å². The zero-order chi connectivity index (χ0) is 15.1. The van der Waals surface area contributed by atoms with E-state index in [0.717, 1.165) is 0 Å². The van der Waals surface area contributed by atoms with Crippen LogP contribution in [0.2, 0.25) is 0 Å². The van der Waals surface area contributed by atoms with E-state index < -0.39 is 5.60 Å². The number of allylic oxidation sites excluding steroid dienone is 2. The molecule has 3 nitrogen and oxygen atoms in total. The smallest absolute Gasteiger partial charge is 0.185 e. The summed E-state index contributed by atoms with van der Waals surface area (Å²) in [4.78, 5) is 17.4. The van der Waals surface area contributed by atoms with Crippen LogP contribution in [0.1, 0.15) is 54.9 Å². The summed E-state index contributed by atoms with van der Waals surface area (Å²) in [5.74, 6) is 0.0566. The largest absolute Gasteiger partial charge is 0.289 e. The summed E-state index contributed by atoms with van der Waals surface area (Å²) in [7, 11) is 0. The highest BCUT2D eigenvalue weighted by atomic mass is 17.1. The average Bonchev–Trinajstić information content (AvgIpc) is 2.27. The van der Waals surface area contributed by atoms with Crippen molar-refractivity contribution in [2.24, 2.45) is 10.8 Å². The van der Waals surface area contributed by atoms with Gasteiger partial charge in [0.2, 0.25) is 0 Å². The molecule has 0 heterocycles. The fourth-order valence-corrected chi connectivity index (χ4v) is 2.24. The molecule has 0 radical (unpaired) electrons. The minimum atomic E-state index is -0.890. The Hall–Kier alpha value is -0.930. The van der Waals surface area contributed by atoms with Crippen LogP contribution >= 0.6 is 0 Å². The van der Waals surface area contributed by atoms with E-state index in [1.807, 2.05) is 48.5 Å². The van der Waals surface area contributed by atoms with Crippen molar-refractivity contribution in [1.29, 1.82) is 0 Å². The minimum Gasteiger partial charge on any atom is -0.289 e. The van der Waals surface area contributed by atoms with Gasteiger partial charge in [0.15, 0.2) is 5.78 Å². The number of hydrogen-bond donors (Lipinski definition) is 1. The molecular weight excluding hydrogens is 240 g/mol. The third-order valence-corrected chi connectivity index (χ3v) is 3.61. The van der Waals surface area contributed by atoms with Gasteiger partial charge >= 0.3 is 0 Å². The van der Waals surface area contributed by atoms with E-state index in [2.05, 4.69) is 0 Å². The summed E-state index contributed by atoms with van der Waals surface area (Å²) < 4.78 is 0. The van der Waals surface area contributed by atoms with E-state index in [1.54, 1.807) is 12.2 Å². The maximum atomic E-state index is 12.7. The maximum Gasteiger partial charge on any atom is 0.185 e. The third kappa shape index (κ3) is 3.15. The molecule has 0 saturated heterocycles. The van der Waals surface area contributed by atoms with Gasteiger partial charge in [0.05, 0.1) is 0 Å². The SMILES string of the molecule is CCC1(OO)C=C(C(C)(C)C)C(=O)C(C(C)(C)C)=C1. The highest BCUT2D eigenvalue weighted by Crippen LogP contribution is 2.41. The minimum absolute atomic E-state index is 0.0566. The van der Waals surface area contributed by atoms with E-state index in [0.29, 0.717) is 17.6 Å². The molecule has 0 amide bonds. The number of rotatable bonds is 2. The van der Waals surface area contributed by atoms with Crippen molar-refractivity contribution in [2.75, 3.05) is 0 Å². The Labute approximate surface area is 116 Å². The van der Waals surface area contributed by atoms with Gasteiger partial charge in [0.1, 0.15) is 5.60 Å². The van der Waals surface area contributed by atoms with E-state index in [1.165, 1.54) is 0 Å². The Kier molecular flexibility index (Phi) is 4.14. The number of Topliss-reactive ketones (excluding diaryl/α,β-unsaturated/α-hetero) is 1. The molecule has 0 saturated carbocycles. The number of carbonyl (C=O) groups is 1. The number of carbonyl (C=O) groups excluding carboxylic acids is 1. The van der Waals surface area contributed by atoms with Gasteiger partial charge in [0, 0.05) is 11.1 Å². The standard InChI is InChI=1S/C16H26O3/c1-8-16(19-18)9-11(14(2,3)4)13(17)12(10-16)15(5,6)7/h9-10,18H,8H2,1-7H3. The van der Waals surface area contributed by atoms with Gasteiger partial charge in [-0.05, 0) is 29.4 Å². The second kappa shape index (κ2) is 4.88. The lowest BCUT2D eigenvalue weighted by atomic mass is 9.69. The summed E-state index contributed by atoms with van der Waals surface area (Å²) >= 11 is 0. The maximum absolute atomic E-state index is 12.7. The predicted molar refractivity (Wildman–Crippen MR) is 76.8 cm³/mol. The molecule has 0 aromatic heterocycles. The normalized spacial score (nSPS) is 20.1. The summed E-state index contributed by atoms with van der Waals surface area (Å²) in [6.07, 6.45) is 4.12. The lowest BCUT2D eigenvalue weighted by Gasteiger charge is -2.37. The second-order valence-electron chi connectivity index (χ2n) is 7.34. The van der Waals surface area contributed by atoms with Crippen molar-refractivity contribution in [3.05, 3.63) is 23.3 Å². The topological polar surface area (TPSA) is 46.5 Å². The van der Waals surface area contributed by atoms with Crippen LogP contribution in [0.4, 0.5) is 0 Å². The quantitative estimate of drug-likeness (QED) is 0.603. The van der Waals surface area contributed by atoms with Crippen molar-refractivity contribution in [1.82, 2.24) is 0 Å². The molecular formula is C16H26O3. The zero-order valence-corrected chi connectivity index (χ0v) is 13.1. The highest BCUT2D eigenvalue weighted by molar-refractivity contribution is 6.11. The van der Waals surface area contributed by atoms with Crippen LogP contribution in [0.25, 0.3) is 0 Å². The Morgan fingerprint density at radius 2 is 1.42 bits per heavy atom. The number of hydrogen-bond acceptors (Lipinski definition) is 3. The van der Waals surface area contributed by atoms with Crippen molar-refractivity contribution in [2.45, 2.75) is 60.5 Å². The molecule has 1 aliphatic rings. The molecule has 0 fully saturated rings. The van der Waals surface area contributed by atoms with Gasteiger partial charge in [-0.3, -0.25) is 10.1 Å². The van der Waals surface area contributed by atoms with Crippen molar-refractivity contribution < 1.29 is 14.9 Å². The Morgan fingerprint density at radius 1 is 1.05 bits per heavy atom. The first-order valence-electron chi connectivity index (χ1n) is 6.81. The van der Waals surface area contributed by atoms with Gasteiger partial charge in [-0.15, -0.1) is 0 Å². The van der Waals surface area contributed by atoms with E-state index in [-0.39, 0.29) is 16.6 Å². The molecule has 0 unspecified atom stereocenters. The summed E-state index contributed by atoms with van der Waals surface area (Å²) in [6.45, 7) is 13.9. The fraction of sp³-hybridized carbons (Fsp3) is 0.688. The molecule has 1 rings (SSSR count). The van der Waals surface area contributed by atoms with Crippen LogP contribution in [0.15, 0.2) is 23.3 Å². The predicted octanol–water partition coefficient (Wildman–Crippen LogP) is 4.15. The molecule has 3 heteroatoms. The monoisotopic (exact) mass is 266 g/mol. The zero-order valence-electron chi connectivity index (χ0n) is 13.1. The first-order chi connectivity index (χ1) is 8.47. The van der Waals surface area contributed by atoms with Crippen molar-refractivity contribution >= 4 is 5.78 Å². The van der Waals surface area contributed by atoms with Gasteiger partial charge < -0.3 is 0 Å². The lowest BCUT2D eigenvalue weighted by molar-refractivity contribution is -0.294. The van der Waals surface area contributed by atoms with Gasteiger partial charge in [0.25, 0.3) is 0 Å². The molecule has 0 atom stereocenters. The molecule has 0 aromatic carbocycles. The first kappa shape index (κ1) is 16.1. The van der Waals surface area contributed by atoms with Crippen LogP contribution in [0.5, 0.6) is 0 Å². The molecule has 108 valence electrons. The Morgan fingerprint density at radius 3 is 1.63 bits per heavy atom. The highest BCUT2D eigenvalue weighted by Gasteiger charge is 2.41. The molecule has 19 heavy (non-hydrogen) atoms. The van der Waals surface area contributed by atoms with Crippen LogP contribution in [-0.2, 0) is 9.68 Å².